The third-order valence-electron chi connectivity index (χ3n) is 4.96. The first-order chi connectivity index (χ1) is 11.4. The number of nitrogens with two attached hydrogens (primary N) is 1. The monoisotopic (exact) mass is 364 g/mol. The minimum Gasteiger partial charge on any atom is -0.342 e. The van der Waals surface area contributed by atoms with Crippen molar-refractivity contribution in [2.24, 2.45) is 11.1 Å². The number of halogens is 1. The Balaban J connectivity index is 0.00000225. The first kappa shape index (κ1) is 19.4. The largest absolute Gasteiger partial charge is 0.342 e. The molecule has 0 radical (unpaired) electrons. The van der Waals surface area contributed by atoms with Gasteiger partial charge in [-0.25, -0.2) is 4.98 Å². The quantitative estimate of drug-likeness (QED) is 0.900. The number of para-hydroxylation sites is 1. The molecule has 1 atom stereocenters. The molecule has 1 amide bonds. The molecule has 2 aromatic rings. The number of piperidine rings is 1. The third-order valence-corrected chi connectivity index (χ3v) is 4.96. The van der Waals surface area contributed by atoms with Crippen molar-refractivity contribution in [3.05, 3.63) is 40.9 Å². The van der Waals surface area contributed by atoms with Crippen LogP contribution in [-0.2, 0) is 11.3 Å². The van der Waals surface area contributed by atoms with Gasteiger partial charge in [-0.05, 0) is 24.0 Å². The Bertz CT molecular complexity index is 818. The van der Waals surface area contributed by atoms with Crippen molar-refractivity contribution in [1.29, 1.82) is 0 Å². The second kappa shape index (κ2) is 7.54. The molecule has 2 N–H and O–H groups in total. The predicted molar refractivity (Wildman–Crippen MR) is 101 cm³/mol. The Morgan fingerprint density at radius 3 is 2.80 bits per heavy atom. The first-order valence-electron chi connectivity index (χ1n) is 8.36. The van der Waals surface area contributed by atoms with Gasteiger partial charge in [0, 0.05) is 32.1 Å². The summed E-state index contributed by atoms with van der Waals surface area (Å²) < 4.78 is 1.51. The van der Waals surface area contributed by atoms with Crippen LogP contribution in [0.25, 0.3) is 10.9 Å². The van der Waals surface area contributed by atoms with Gasteiger partial charge in [0.25, 0.3) is 5.56 Å². The van der Waals surface area contributed by atoms with Gasteiger partial charge >= 0.3 is 0 Å². The maximum Gasteiger partial charge on any atom is 0.261 e. The number of hydrogen-bond acceptors (Lipinski definition) is 4. The van der Waals surface area contributed by atoms with Crippen LogP contribution in [0.15, 0.2) is 35.4 Å². The van der Waals surface area contributed by atoms with Gasteiger partial charge in [0.05, 0.1) is 17.2 Å². The molecule has 1 unspecified atom stereocenters. The average molecular weight is 365 g/mol. The van der Waals surface area contributed by atoms with Crippen LogP contribution in [-0.4, -0.2) is 39.5 Å². The van der Waals surface area contributed by atoms with E-state index in [1.807, 2.05) is 23.1 Å². The van der Waals surface area contributed by atoms with Crippen LogP contribution < -0.4 is 11.3 Å². The topological polar surface area (TPSA) is 81.2 Å². The molecule has 7 heteroatoms. The number of hydrogen-bond donors (Lipinski definition) is 1. The molecule has 25 heavy (non-hydrogen) atoms. The zero-order valence-corrected chi connectivity index (χ0v) is 15.5. The van der Waals surface area contributed by atoms with Crippen molar-refractivity contribution in [2.75, 3.05) is 13.1 Å². The Hall–Kier alpha value is -1.92. The first-order valence-corrected chi connectivity index (χ1v) is 8.36. The standard InChI is InChI=1S/C18H24N4O2.ClH/c1-18(2)11-21(9-7-15(18)19)16(23)8-10-22-12-20-14-6-4-3-5-13(14)17(22)24;/h3-6,12,15H,7-11,19H2,1-2H3;1H. The molecule has 1 saturated heterocycles. The van der Waals surface area contributed by atoms with Crippen LogP contribution in [0.1, 0.15) is 26.7 Å². The summed E-state index contributed by atoms with van der Waals surface area (Å²) in [6.07, 6.45) is 2.63. The SMILES string of the molecule is CC1(C)CN(C(=O)CCn2cnc3ccccc3c2=O)CCC1N.Cl. The molecule has 1 fully saturated rings. The zero-order chi connectivity index (χ0) is 17.3. The second-order valence-corrected chi connectivity index (χ2v) is 7.21. The van der Waals surface area contributed by atoms with Crippen molar-refractivity contribution in [1.82, 2.24) is 14.5 Å². The van der Waals surface area contributed by atoms with Gasteiger partial charge in [0.1, 0.15) is 0 Å². The number of carbonyl (C=O) groups excluding carboxylic acids is 1. The van der Waals surface area contributed by atoms with Gasteiger partial charge in [-0.1, -0.05) is 26.0 Å². The second-order valence-electron chi connectivity index (χ2n) is 7.21. The maximum absolute atomic E-state index is 12.5. The van der Waals surface area contributed by atoms with Crippen LogP contribution in [0.3, 0.4) is 0 Å². The summed E-state index contributed by atoms with van der Waals surface area (Å²) in [5.41, 5.74) is 6.62. The highest BCUT2D eigenvalue weighted by atomic mass is 35.5. The number of aryl methyl sites for hydroxylation is 1. The van der Waals surface area contributed by atoms with Gasteiger partial charge in [-0.3, -0.25) is 14.2 Å². The summed E-state index contributed by atoms with van der Waals surface area (Å²) in [7, 11) is 0. The molecule has 0 spiro atoms. The summed E-state index contributed by atoms with van der Waals surface area (Å²) in [4.78, 5) is 31.1. The highest BCUT2D eigenvalue weighted by molar-refractivity contribution is 5.85. The predicted octanol–water partition coefficient (Wildman–Crippen LogP) is 1.79. The number of carbonyl (C=O) groups is 1. The summed E-state index contributed by atoms with van der Waals surface area (Å²) in [5.74, 6) is 0.0648. The summed E-state index contributed by atoms with van der Waals surface area (Å²) in [5, 5.41) is 0.581. The third kappa shape index (κ3) is 4.02. The van der Waals surface area contributed by atoms with E-state index in [4.69, 9.17) is 5.73 Å². The fraction of sp³-hybridized carbons (Fsp3) is 0.500. The molecule has 1 aromatic heterocycles. The van der Waals surface area contributed by atoms with Crippen molar-refractivity contribution >= 4 is 29.2 Å². The molecule has 136 valence electrons. The highest BCUT2D eigenvalue weighted by Gasteiger charge is 2.35. The molecular formula is C18H25ClN4O2. The van der Waals surface area contributed by atoms with Crippen LogP contribution in [0.2, 0.25) is 0 Å². The molecular weight excluding hydrogens is 340 g/mol. The molecule has 1 aliphatic rings. The van der Waals surface area contributed by atoms with E-state index in [0.29, 0.717) is 37.0 Å². The molecule has 1 aliphatic heterocycles. The minimum absolute atomic E-state index is 0. The van der Waals surface area contributed by atoms with Crippen LogP contribution in [0.4, 0.5) is 0 Å². The van der Waals surface area contributed by atoms with Crippen molar-refractivity contribution in [2.45, 2.75) is 39.3 Å². The van der Waals surface area contributed by atoms with E-state index in [1.165, 1.54) is 10.9 Å². The zero-order valence-electron chi connectivity index (χ0n) is 14.6. The maximum atomic E-state index is 12.5. The van der Waals surface area contributed by atoms with E-state index < -0.39 is 0 Å². The Kier molecular flexibility index (Phi) is 5.85. The molecule has 3 rings (SSSR count). The lowest BCUT2D eigenvalue weighted by atomic mass is 9.79. The molecule has 0 saturated carbocycles. The highest BCUT2D eigenvalue weighted by Crippen LogP contribution is 2.27. The van der Waals surface area contributed by atoms with Gasteiger partial charge in [0.15, 0.2) is 0 Å². The number of amides is 1. The van der Waals surface area contributed by atoms with E-state index in [0.717, 1.165) is 6.42 Å². The van der Waals surface area contributed by atoms with E-state index in [1.54, 1.807) is 6.07 Å². The van der Waals surface area contributed by atoms with Crippen LogP contribution >= 0.6 is 12.4 Å². The van der Waals surface area contributed by atoms with Crippen molar-refractivity contribution in [3.8, 4) is 0 Å². The molecule has 0 aliphatic carbocycles. The minimum atomic E-state index is -0.102. The fourth-order valence-corrected chi connectivity index (χ4v) is 3.23. The number of likely N-dealkylation sites (tertiary alicyclic amines) is 1. The van der Waals surface area contributed by atoms with E-state index >= 15 is 0 Å². The number of benzene rings is 1. The van der Waals surface area contributed by atoms with Crippen molar-refractivity contribution in [3.63, 3.8) is 0 Å². The Morgan fingerprint density at radius 1 is 1.36 bits per heavy atom. The van der Waals surface area contributed by atoms with Crippen LogP contribution in [0.5, 0.6) is 0 Å². The van der Waals surface area contributed by atoms with Crippen molar-refractivity contribution < 1.29 is 4.79 Å². The number of aromatic nitrogens is 2. The summed E-state index contributed by atoms with van der Waals surface area (Å²) in [6.45, 7) is 5.88. The van der Waals surface area contributed by atoms with Gasteiger partial charge < -0.3 is 10.6 Å². The Morgan fingerprint density at radius 2 is 2.08 bits per heavy atom. The number of rotatable bonds is 3. The van der Waals surface area contributed by atoms with E-state index in [2.05, 4.69) is 18.8 Å². The van der Waals surface area contributed by atoms with Gasteiger partial charge in [0.2, 0.25) is 5.91 Å². The molecule has 0 bridgehead atoms. The van der Waals surface area contributed by atoms with E-state index in [-0.39, 0.29) is 35.3 Å². The summed E-state index contributed by atoms with van der Waals surface area (Å²) >= 11 is 0. The number of fused-ring (bicyclic) bond motifs is 1. The lowest BCUT2D eigenvalue weighted by molar-refractivity contribution is -0.134. The van der Waals surface area contributed by atoms with Gasteiger partial charge in [-0.2, -0.15) is 0 Å². The van der Waals surface area contributed by atoms with Crippen LogP contribution in [0, 0.1) is 5.41 Å². The normalized spacial score (nSPS) is 19.5. The molecule has 2 heterocycles. The molecule has 6 nitrogen and oxygen atoms in total. The summed E-state index contributed by atoms with van der Waals surface area (Å²) in [6, 6.07) is 7.36. The average Bonchev–Trinajstić information content (AvgIpc) is 2.56. The Labute approximate surface area is 153 Å². The van der Waals surface area contributed by atoms with E-state index in [9.17, 15) is 9.59 Å². The lowest BCUT2D eigenvalue weighted by Crippen LogP contribution is -2.54. The lowest BCUT2D eigenvalue weighted by Gasteiger charge is -2.42. The smallest absolute Gasteiger partial charge is 0.261 e. The molecule has 1 aromatic carbocycles. The fourth-order valence-electron chi connectivity index (χ4n) is 3.23. The van der Waals surface area contributed by atoms with Gasteiger partial charge in [-0.15, -0.1) is 12.4 Å². The number of nitrogens with zero attached hydrogens (tertiary/aromatic N) is 3.